The van der Waals surface area contributed by atoms with Crippen LogP contribution in [0.15, 0.2) is 53.6 Å². The summed E-state index contributed by atoms with van der Waals surface area (Å²) in [7, 11) is 0.0345. The van der Waals surface area contributed by atoms with Gasteiger partial charge in [0.25, 0.3) is 0 Å². The Kier molecular flexibility index (Phi) is 6.06. The molecule has 8 heteroatoms. The van der Waals surface area contributed by atoms with Gasteiger partial charge in [0.05, 0.1) is 17.0 Å². The summed E-state index contributed by atoms with van der Waals surface area (Å²) < 4.78 is 33.6. The summed E-state index contributed by atoms with van der Waals surface area (Å²) in [6.07, 6.45) is 4.12. The molecule has 3 heterocycles. The smallest absolute Gasteiger partial charge is 0.240 e. The molecule has 1 fully saturated rings. The van der Waals surface area contributed by atoms with Gasteiger partial charge < -0.3 is 14.6 Å². The first-order valence-corrected chi connectivity index (χ1v) is 13.1. The van der Waals surface area contributed by atoms with Crippen LogP contribution in [-0.2, 0) is 10.0 Å². The van der Waals surface area contributed by atoms with Crippen LogP contribution in [0.1, 0.15) is 18.4 Å². The Morgan fingerprint density at radius 3 is 2.74 bits per heavy atom. The Hall–Kier alpha value is -2.94. The first kappa shape index (κ1) is 22.8. The number of ether oxygens (including phenoxy) is 1. The summed E-state index contributed by atoms with van der Waals surface area (Å²) in [5.74, 6) is 1.34. The molecule has 34 heavy (non-hydrogen) atoms. The molecule has 0 atom stereocenters. The molecule has 0 spiro atoms. The van der Waals surface area contributed by atoms with Gasteiger partial charge in [-0.25, -0.2) is 18.1 Å². The quantitative estimate of drug-likeness (QED) is 0.431. The van der Waals surface area contributed by atoms with Crippen molar-refractivity contribution in [3.63, 3.8) is 0 Å². The number of aryl methyl sites for hydroxylation is 1. The normalized spacial score (nSPS) is 15.9. The molecule has 2 aromatic heterocycles. The second-order valence-electron chi connectivity index (χ2n) is 9.19. The summed E-state index contributed by atoms with van der Waals surface area (Å²) >= 11 is 0. The summed E-state index contributed by atoms with van der Waals surface area (Å²) in [5, 5.41) is 1.99. The van der Waals surface area contributed by atoms with Gasteiger partial charge >= 0.3 is 0 Å². The zero-order valence-corrected chi connectivity index (χ0v) is 20.6. The molecule has 7 nitrogen and oxygen atoms in total. The van der Waals surface area contributed by atoms with Gasteiger partial charge in [-0.05, 0) is 99.9 Å². The van der Waals surface area contributed by atoms with Gasteiger partial charge in [-0.3, -0.25) is 0 Å². The van der Waals surface area contributed by atoms with Crippen molar-refractivity contribution < 1.29 is 13.2 Å². The third kappa shape index (κ3) is 4.29. The maximum Gasteiger partial charge on any atom is 0.240 e. The summed E-state index contributed by atoms with van der Waals surface area (Å²) in [6, 6.07) is 13.1. The number of hydrogen-bond acceptors (Lipinski definition) is 5. The molecule has 0 radical (unpaired) electrons. The summed E-state index contributed by atoms with van der Waals surface area (Å²) in [5.41, 5.74) is 4.50. The van der Waals surface area contributed by atoms with Gasteiger partial charge in [-0.2, -0.15) is 0 Å². The van der Waals surface area contributed by atoms with E-state index in [9.17, 15) is 8.42 Å². The fraction of sp³-hybridized carbons (Fsp3) is 0.346. The van der Waals surface area contributed by atoms with Crippen molar-refractivity contribution in [2.45, 2.75) is 24.7 Å². The van der Waals surface area contributed by atoms with Crippen LogP contribution in [0.3, 0.4) is 0 Å². The van der Waals surface area contributed by atoms with Crippen LogP contribution in [-0.4, -0.2) is 57.1 Å². The molecule has 4 aromatic rings. The SMILES string of the molecule is CNS(=O)(=O)c1cccc(-c2ccc(OCC3CCN(C)CC3)c3[nH]c4ncc(C)cc4c23)c1. The van der Waals surface area contributed by atoms with Gasteiger partial charge in [0.2, 0.25) is 10.0 Å². The lowest BCUT2D eigenvalue weighted by molar-refractivity contribution is 0.161. The Labute approximate surface area is 200 Å². The minimum atomic E-state index is -3.55. The van der Waals surface area contributed by atoms with Crippen LogP contribution in [0.5, 0.6) is 5.75 Å². The van der Waals surface area contributed by atoms with Gasteiger partial charge in [0.1, 0.15) is 11.4 Å². The highest BCUT2D eigenvalue weighted by Gasteiger charge is 2.20. The number of likely N-dealkylation sites (tertiary alicyclic amines) is 1. The monoisotopic (exact) mass is 478 g/mol. The molecular formula is C26H30N4O3S. The van der Waals surface area contributed by atoms with Crippen molar-refractivity contribution in [1.29, 1.82) is 0 Å². The van der Waals surface area contributed by atoms with E-state index in [1.165, 1.54) is 7.05 Å². The topological polar surface area (TPSA) is 87.3 Å². The number of nitrogens with one attached hydrogen (secondary N) is 2. The van der Waals surface area contributed by atoms with Gasteiger partial charge in [-0.15, -0.1) is 0 Å². The second kappa shape index (κ2) is 9.02. The number of H-pyrrole nitrogens is 1. The largest absolute Gasteiger partial charge is 0.491 e. The van der Waals surface area contributed by atoms with Crippen LogP contribution in [0.2, 0.25) is 0 Å². The van der Waals surface area contributed by atoms with Crippen LogP contribution in [0.25, 0.3) is 33.1 Å². The highest BCUT2D eigenvalue weighted by molar-refractivity contribution is 7.89. The lowest BCUT2D eigenvalue weighted by atomic mass is 9.98. The Balaban J connectivity index is 1.61. The van der Waals surface area contributed by atoms with Gasteiger partial charge in [-0.1, -0.05) is 12.1 Å². The van der Waals surface area contributed by atoms with Gasteiger partial charge in [0, 0.05) is 17.0 Å². The first-order chi connectivity index (χ1) is 16.4. The predicted molar refractivity (Wildman–Crippen MR) is 136 cm³/mol. The van der Waals surface area contributed by atoms with Gasteiger partial charge in [0.15, 0.2) is 0 Å². The highest BCUT2D eigenvalue weighted by atomic mass is 32.2. The lowest BCUT2D eigenvalue weighted by Gasteiger charge is -2.28. The van der Waals surface area contributed by atoms with Crippen LogP contribution in [0.4, 0.5) is 0 Å². The van der Waals surface area contributed by atoms with Crippen molar-refractivity contribution in [2.75, 3.05) is 33.8 Å². The van der Waals surface area contributed by atoms with E-state index in [-0.39, 0.29) is 4.90 Å². The predicted octanol–water partition coefficient (Wildman–Crippen LogP) is 4.32. The van der Waals surface area contributed by atoms with Crippen molar-refractivity contribution in [2.24, 2.45) is 5.92 Å². The van der Waals surface area contributed by atoms with E-state index in [0.717, 1.165) is 70.3 Å². The average Bonchev–Trinajstić information content (AvgIpc) is 3.22. The Bertz CT molecular complexity index is 1450. The minimum absolute atomic E-state index is 0.234. The number of hydrogen-bond donors (Lipinski definition) is 2. The molecule has 0 amide bonds. The number of aromatic amines is 1. The Morgan fingerprint density at radius 2 is 1.97 bits per heavy atom. The highest BCUT2D eigenvalue weighted by Crippen LogP contribution is 2.39. The fourth-order valence-electron chi connectivity index (χ4n) is 4.71. The van der Waals surface area contributed by atoms with E-state index in [1.807, 2.05) is 31.3 Å². The fourth-order valence-corrected chi connectivity index (χ4v) is 5.49. The molecular weight excluding hydrogens is 448 g/mol. The van der Waals surface area contributed by atoms with E-state index < -0.39 is 10.0 Å². The number of aromatic nitrogens is 2. The molecule has 1 saturated heterocycles. The minimum Gasteiger partial charge on any atom is -0.491 e. The van der Waals surface area contributed by atoms with Crippen molar-refractivity contribution in [3.8, 4) is 16.9 Å². The van der Waals surface area contributed by atoms with Crippen molar-refractivity contribution in [3.05, 3.63) is 54.2 Å². The van der Waals surface area contributed by atoms with Crippen LogP contribution < -0.4 is 9.46 Å². The van der Waals surface area contributed by atoms with E-state index in [0.29, 0.717) is 12.5 Å². The molecule has 0 bridgehead atoms. The second-order valence-corrected chi connectivity index (χ2v) is 11.1. The molecule has 0 unspecified atom stereocenters. The molecule has 2 aromatic carbocycles. The molecule has 0 saturated carbocycles. The number of sulfonamides is 1. The van der Waals surface area contributed by atoms with Crippen molar-refractivity contribution >= 4 is 32.0 Å². The van der Waals surface area contributed by atoms with Crippen LogP contribution in [0, 0.1) is 12.8 Å². The molecule has 178 valence electrons. The van der Waals surface area contributed by atoms with Crippen LogP contribution >= 0.6 is 0 Å². The molecule has 0 aliphatic carbocycles. The van der Waals surface area contributed by atoms with E-state index in [2.05, 4.69) is 32.7 Å². The zero-order valence-electron chi connectivity index (χ0n) is 19.8. The standard InChI is InChI=1S/C26H30N4O3S/c1-17-13-22-24-21(19-5-4-6-20(14-19)34(31,32)27-2)7-8-23(25(24)29-26(22)28-15-17)33-16-18-9-11-30(3)12-10-18/h4-8,13-15,18,27H,9-12,16H2,1-3H3,(H,28,29). The maximum absolute atomic E-state index is 12.4. The third-order valence-corrected chi connectivity index (χ3v) is 8.15. The molecule has 5 rings (SSSR count). The third-order valence-electron chi connectivity index (χ3n) is 6.74. The average molecular weight is 479 g/mol. The Morgan fingerprint density at radius 1 is 1.18 bits per heavy atom. The number of nitrogens with zero attached hydrogens (tertiary/aromatic N) is 2. The molecule has 1 aliphatic heterocycles. The van der Waals surface area contributed by atoms with E-state index in [1.54, 1.807) is 18.2 Å². The number of pyridine rings is 1. The lowest BCUT2D eigenvalue weighted by Crippen LogP contribution is -2.32. The molecule has 2 N–H and O–H groups in total. The van der Waals surface area contributed by atoms with E-state index >= 15 is 0 Å². The first-order valence-electron chi connectivity index (χ1n) is 11.6. The summed E-state index contributed by atoms with van der Waals surface area (Å²) in [4.78, 5) is 10.7. The van der Waals surface area contributed by atoms with Crippen molar-refractivity contribution in [1.82, 2.24) is 19.6 Å². The number of fused-ring (bicyclic) bond motifs is 3. The molecule has 1 aliphatic rings. The number of rotatable bonds is 6. The maximum atomic E-state index is 12.4. The van der Waals surface area contributed by atoms with E-state index in [4.69, 9.17) is 4.74 Å². The number of piperidine rings is 1. The number of benzene rings is 2. The zero-order chi connectivity index (χ0) is 23.9. The summed E-state index contributed by atoms with van der Waals surface area (Å²) in [6.45, 7) is 4.90.